The average Bonchev–Trinajstić information content (AvgIpc) is 2.57. The van der Waals surface area contributed by atoms with Crippen molar-refractivity contribution in [3.63, 3.8) is 0 Å². The Kier molecular flexibility index (Phi) is 3.61. The maximum atomic E-state index is 5.26. The molecule has 1 N–H and O–H groups in total. The first-order valence-electron chi connectivity index (χ1n) is 6.00. The van der Waals surface area contributed by atoms with Gasteiger partial charge in [-0.25, -0.2) is 0 Å². The van der Waals surface area contributed by atoms with Gasteiger partial charge in [0.2, 0.25) is 0 Å². The highest BCUT2D eigenvalue weighted by molar-refractivity contribution is 5.17. The van der Waals surface area contributed by atoms with Crippen molar-refractivity contribution < 1.29 is 4.74 Å². The third kappa shape index (κ3) is 2.44. The Labute approximate surface area is 97.0 Å². The number of nitrogens with one attached hydrogen (secondary N) is 1. The second kappa shape index (κ2) is 4.97. The second-order valence-corrected chi connectivity index (χ2v) is 4.54. The molecule has 0 bridgehead atoms. The Morgan fingerprint density at radius 1 is 1.56 bits per heavy atom. The van der Waals surface area contributed by atoms with Gasteiger partial charge in [-0.3, -0.25) is 4.68 Å². The molecule has 1 aliphatic carbocycles. The van der Waals surface area contributed by atoms with Gasteiger partial charge in [0.05, 0.1) is 11.8 Å². The van der Waals surface area contributed by atoms with Gasteiger partial charge in [0.15, 0.2) is 0 Å². The van der Waals surface area contributed by atoms with Crippen molar-refractivity contribution in [2.24, 2.45) is 7.05 Å². The molecule has 1 aromatic rings. The molecule has 0 aromatic carbocycles. The van der Waals surface area contributed by atoms with Gasteiger partial charge in [-0.2, -0.15) is 5.10 Å². The fraction of sp³-hybridized carbons (Fsp3) is 0.750. The van der Waals surface area contributed by atoms with Crippen LogP contribution in [0.3, 0.4) is 0 Å². The van der Waals surface area contributed by atoms with Crippen LogP contribution in [0.5, 0.6) is 0 Å². The number of rotatable bonds is 5. The normalized spacial score (nSPS) is 24.4. The van der Waals surface area contributed by atoms with Gasteiger partial charge < -0.3 is 10.1 Å². The summed E-state index contributed by atoms with van der Waals surface area (Å²) in [6.45, 7) is 3.08. The molecule has 4 heteroatoms. The van der Waals surface area contributed by atoms with E-state index in [1.165, 1.54) is 11.3 Å². The van der Waals surface area contributed by atoms with Crippen molar-refractivity contribution in [2.75, 3.05) is 7.11 Å². The molecule has 0 atom stereocenters. The quantitative estimate of drug-likeness (QED) is 0.816. The first kappa shape index (κ1) is 11.6. The van der Waals surface area contributed by atoms with Gasteiger partial charge in [0.25, 0.3) is 0 Å². The first-order chi connectivity index (χ1) is 7.72. The lowest BCUT2D eigenvalue weighted by molar-refractivity contribution is 0.0170. The minimum absolute atomic E-state index is 0.469. The molecule has 1 heterocycles. The number of hydrogen-bond donors (Lipinski definition) is 1. The lowest BCUT2D eigenvalue weighted by Gasteiger charge is -2.34. The van der Waals surface area contributed by atoms with E-state index in [4.69, 9.17) is 4.74 Å². The van der Waals surface area contributed by atoms with Crippen LogP contribution in [0.4, 0.5) is 0 Å². The minimum Gasteiger partial charge on any atom is -0.381 e. The fourth-order valence-corrected chi connectivity index (χ4v) is 2.21. The molecular weight excluding hydrogens is 202 g/mol. The van der Waals surface area contributed by atoms with Crippen molar-refractivity contribution in [3.05, 3.63) is 17.5 Å². The van der Waals surface area contributed by atoms with E-state index in [0.29, 0.717) is 12.1 Å². The lowest BCUT2D eigenvalue weighted by atomic mass is 9.89. The number of aromatic nitrogens is 2. The summed E-state index contributed by atoms with van der Waals surface area (Å²) in [5.74, 6) is 0. The van der Waals surface area contributed by atoms with Gasteiger partial charge in [0, 0.05) is 38.5 Å². The molecule has 0 saturated heterocycles. The summed E-state index contributed by atoms with van der Waals surface area (Å²) in [5, 5.41) is 7.99. The molecule has 0 unspecified atom stereocenters. The van der Waals surface area contributed by atoms with Crippen molar-refractivity contribution in [1.29, 1.82) is 0 Å². The van der Waals surface area contributed by atoms with Gasteiger partial charge in [-0.1, -0.05) is 6.92 Å². The largest absolute Gasteiger partial charge is 0.381 e. The van der Waals surface area contributed by atoms with Gasteiger partial charge in [-0.05, 0) is 19.3 Å². The first-order valence-corrected chi connectivity index (χ1v) is 6.00. The number of methoxy groups -OCH3 is 1. The van der Waals surface area contributed by atoms with E-state index >= 15 is 0 Å². The standard InChI is InChI=1S/C12H21N3O/c1-4-12-9(8-15(2)14-12)7-13-10-5-11(6-10)16-3/h8,10-11,13H,4-7H2,1-3H3. The highest BCUT2D eigenvalue weighted by atomic mass is 16.5. The highest BCUT2D eigenvalue weighted by Gasteiger charge is 2.28. The Hall–Kier alpha value is -0.870. The second-order valence-electron chi connectivity index (χ2n) is 4.54. The van der Waals surface area contributed by atoms with Crippen LogP contribution in [0.25, 0.3) is 0 Å². The van der Waals surface area contributed by atoms with Crippen LogP contribution in [0.2, 0.25) is 0 Å². The molecule has 0 spiro atoms. The van der Waals surface area contributed by atoms with E-state index in [-0.39, 0.29) is 0 Å². The van der Waals surface area contributed by atoms with Crippen LogP contribution in [-0.2, 0) is 24.8 Å². The summed E-state index contributed by atoms with van der Waals surface area (Å²) >= 11 is 0. The predicted octanol–water partition coefficient (Wildman–Crippen LogP) is 1.25. The third-order valence-corrected chi connectivity index (χ3v) is 3.34. The molecule has 1 saturated carbocycles. The predicted molar refractivity (Wildman–Crippen MR) is 63.2 cm³/mol. The lowest BCUT2D eigenvalue weighted by Crippen LogP contribution is -2.44. The smallest absolute Gasteiger partial charge is 0.0666 e. The van der Waals surface area contributed by atoms with Crippen molar-refractivity contribution in [1.82, 2.24) is 15.1 Å². The Morgan fingerprint density at radius 3 is 2.94 bits per heavy atom. The van der Waals surface area contributed by atoms with E-state index in [1.807, 2.05) is 11.7 Å². The maximum absolute atomic E-state index is 5.26. The minimum atomic E-state index is 0.469. The molecule has 4 nitrogen and oxygen atoms in total. The Bertz CT molecular complexity index is 342. The van der Waals surface area contributed by atoms with Crippen molar-refractivity contribution in [2.45, 2.75) is 44.9 Å². The van der Waals surface area contributed by atoms with Crippen molar-refractivity contribution in [3.8, 4) is 0 Å². The van der Waals surface area contributed by atoms with Gasteiger partial charge in [0.1, 0.15) is 0 Å². The number of hydrogen-bond acceptors (Lipinski definition) is 3. The summed E-state index contributed by atoms with van der Waals surface area (Å²) in [4.78, 5) is 0. The number of ether oxygens (including phenoxy) is 1. The molecule has 0 amide bonds. The van der Waals surface area contributed by atoms with Crippen LogP contribution in [0, 0.1) is 0 Å². The Morgan fingerprint density at radius 2 is 2.31 bits per heavy atom. The van der Waals surface area contributed by atoms with E-state index < -0.39 is 0 Å². The van der Waals surface area contributed by atoms with Crippen LogP contribution in [-0.4, -0.2) is 29.0 Å². The van der Waals surface area contributed by atoms with Crippen LogP contribution in [0.15, 0.2) is 6.20 Å². The zero-order valence-corrected chi connectivity index (χ0v) is 10.4. The van der Waals surface area contributed by atoms with E-state index in [9.17, 15) is 0 Å². The molecule has 1 aromatic heterocycles. The summed E-state index contributed by atoms with van der Waals surface area (Å²) in [6.07, 6.45) is 5.86. The topological polar surface area (TPSA) is 39.1 Å². The third-order valence-electron chi connectivity index (χ3n) is 3.34. The molecule has 1 aliphatic rings. The fourth-order valence-electron chi connectivity index (χ4n) is 2.21. The van der Waals surface area contributed by atoms with Crippen LogP contribution >= 0.6 is 0 Å². The molecule has 1 fully saturated rings. The molecule has 2 rings (SSSR count). The van der Waals surface area contributed by atoms with Gasteiger partial charge in [-0.15, -0.1) is 0 Å². The maximum Gasteiger partial charge on any atom is 0.0666 e. The van der Waals surface area contributed by atoms with Crippen LogP contribution < -0.4 is 5.32 Å². The van der Waals surface area contributed by atoms with Crippen molar-refractivity contribution >= 4 is 0 Å². The number of nitrogens with zero attached hydrogens (tertiary/aromatic N) is 2. The summed E-state index contributed by atoms with van der Waals surface area (Å²) in [6, 6.07) is 0.620. The van der Waals surface area contributed by atoms with E-state index in [1.54, 1.807) is 7.11 Å². The number of aryl methyl sites for hydroxylation is 2. The molecule has 0 radical (unpaired) electrons. The zero-order valence-electron chi connectivity index (χ0n) is 10.4. The summed E-state index contributed by atoms with van der Waals surface area (Å²) < 4.78 is 7.16. The van der Waals surface area contributed by atoms with Gasteiger partial charge >= 0.3 is 0 Å². The average molecular weight is 223 g/mol. The summed E-state index contributed by atoms with van der Waals surface area (Å²) in [7, 11) is 3.77. The summed E-state index contributed by atoms with van der Waals surface area (Å²) in [5.41, 5.74) is 2.53. The molecule has 16 heavy (non-hydrogen) atoms. The SMILES string of the molecule is CCc1nn(C)cc1CNC1CC(OC)C1. The molecular formula is C12H21N3O. The molecule has 90 valence electrons. The van der Waals surface area contributed by atoms with E-state index in [0.717, 1.165) is 25.8 Å². The highest BCUT2D eigenvalue weighted by Crippen LogP contribution is 2.23. The van der Waals surface area contributed by atoms with E-state index in [2.05, 4.69) is 23.5 Å². The van der Waals surface area contributed by atoms with Crippen LogP contribution in [0.1, 0.15) is 31.0 Å². The zero-order chi connectivity index (χ0) is 11.5. The monoisotopic (exact) mass is 223 g/mol. The Balaban J connectivity index is 1.81. The molecule has 0 aliphatic heterocycles.